The van der Waals surface area contributed by atoms with E-state index in [9.17, 15) is 36.3 Å². The lowest BCUT2D eigenvalue weighted by molar-refractivity contribution is -0.270. The number of alkyl halides is 5. The zero-order chi connectivity index (χ0) is 14.7. The number of carboxylic acids is 2. The van der Waals surface area contributed by atoms with E-state index in [1.807, 2.05) is 0 Å². The van der Waals surface area contributed by atoms with Crippen molar-refractivity contribution in [1.29, 1.82) is 0 Å². The van der Waals surface area contributed by atoms with Gasteiger partial charge in [0.05, 0.1) is 6.42 Å². The minimum absolute atomic E-state index is 0.805. The van der Waals surface area contributed by atoms with Gasteiger partial charge in [-0.3, -0.25) is 9.59 Å². The summed E-state index contributed by atoms with van der Waals surface area (Å²) in [6.45, 7) is 0. The molecular formula is C7H6F5NO5. The number of nitrogens with one attached hydrogen (secondary N) is 1. The molecule has 0 heterocycles. The van der Waals surface area contributed by atoms with Gasteiger partial charge in [-0.25, -0.2) is 4.79 Å². The van der Waals surface area contributed by atoms with E-state index in [-0.39, 0.29) is 0 Å². The molecule has 0 saturated carbocycles. The Morgan fingerprint density at radius 1 is 1.06 bits per heavy atom. The van der Waals surface area contributed by atoms with E-state index in [1.54, 1.807) is 0 Å². The Kier molecular flexibility index (Phi) is 4.59. The molecule has 3 N–H and O–H groups in total. The Morgan fingerprint density at radius 3 is 1.78 bits per heavy atom. The van der Waals surface area contributed by atoms with Crippen LogP contribution in [0.4, 0.5) is 22.0 Å². The minimum Gasteiger partial charge on any atom is -0.481 e. The van der Waals surface area contributed by atoms with Crippen molar-refractivity contribution in [2.75, 3.05) is 0 Å². The summed E-state index contributed by atoms with van der Waals surface area (Å²) in [5.74, 6) is -12.6. The van der Waals surface area contributed by atoms with Crippen LogP contribution in [0.25, 0.3) is 0 Å². The number of hydrogen-bond acceptors (Lipinski definition) is 3. The maximum absolute atomic E-state index is 12.4. The van der Waals surface area contributed by atoms with Gasteiger partial charge in [-0.05, 0) is 0 Å². The quantitative estimate of drug-likeness (QED) is 0.625. The lowest BCUT2D eigenvalue weighted by Gasteiger charge is -2.20. The summed E-state index contributed by atoms with van der Waals surface area (Å²) in [5.41, 5.74) is 0. The zero-order valence-corrected chi connectivity index (χ0v) is 8.29. The summed E-state index contributed by atoms with van der Waals surface area (Å²) in [5, 5.41) is 17.3. The fraction of sp³-hybridized carbons (Fsp3) is 0.571. The standard InChI is InChI=1S/C7H6F5NO5/c8-6(9,7(10,11)12)5(18)13-2(4(16)17)1-3(14)15/h2H,1H2,(H,13,18)(H,14,15)(H,16,17)/t2-/m0/s1. The van der Waals surface area contributed by atoms with Gasteiger partial charge in [-0.2, -0.15) is 22.0 Å². The van der Waals surface area contributed by atoms with E-state index in [0.717, 1.165) is 5.32 Å². The fourth-order valence-electron chi connectivity index (χ4n) is 0.752. The van der Waals surface area contributed by atoms with Crippen molar-refractivity contribution >= 4 is 17.8 Å². The van der Waals surface area contributed by atoms with Crippen molar-refractivity contribution in [1.82, 2.24) is 5.32 Å². The van der Waals surface area contributed by atoms with E-state index in [1.165, 1.54) is 0 Å². The monoisotopic (exact) mass is 279 g/mol. The minimum atomic E-state index is -6.20. The van der Waals surface area contributed by atoms with Crippen LogP contribution in [-0.2, 0) is 14.4 Å². The highest BCUT2D eigenvalue weighted by molar-refractivity contribution is 5.90. The van der Waals surface area contributed by atoms with Crippen molar-refractivity contribution in [3.05, 3.63) is 0 Å². The maximum Gasteiger partial charge on any atom is 0.463 e. The molecule has 0 aromatic heterocycles. The lowest BCUT2D eigenvalue weighted by Crippen LogP contribution is -2.55. The predicted octanol–water partition coefficient (Wildman–Crippen LogP) is 0.228. The highest BCUT2D eigenvalue weighted by Gasteiger charge is 2.63. The van der Waals surface area contributed by atoms with Crippen LogP contribution in [-0.4, -0.2) is 46.2 Å². The van der Waals surface area contributed by atoms with Crippen LogP contribution in [0.1, 0.15) is 6.42 Å². The molecule has 0 spiro atoms. The lowest BCUT2D eigenvalue weighted by atomic mass is 10.2. The van der Waals surface area contributed by atoms with Gasteiger partial charge in [0.15, 0.2) is 0 Å². The first kappa shape index (κ1) is 16.1. The number of carbonyl (C=O) groups is 3. The molecule has 0 fully saturated rings. The van der Waals surface area contributed by atoms with Crippen molar-refractivity contribution in [3.8, 4) is 0 Å². The molecule has 0 aliphatic carbocycles. The molecule has 0 saturated heterocycles. The van der Waals surface area contributed by atoms with E-state index in [4.69, 9.17) is 10.2 Å². The highest BCUT2D eigenvalue weighted by atomic mass is 19.4. The van der Waals surface area contributed by atoms with Crippen LogP contribution in [0.2, 0.25) is 0 Å². The molecule has 11 heteroatoms. The summed E-state index contributed by atoms with van der Waals surface area (Å²) in [6.07, 6.45) is -7.54. The van der Waals surface area contributed by atoms with Crippen molar-refractivity contribution < 1.29 is 46.5 Å². The molecule has 104 valence electrons. The Hall–Kier alpha value is -1.94. The topological polar surface area (TPSA) is 104 Å². The molecule has 0 radical (unpaired) electrons. The maximum atomic E-state index is 12.4. The Morgan fingerprint density at radius 2 is 1.50 bits per heavy atom. The molecule has 1 atom stereocenters. The van der Waals surface area contributed by atoms with E-state index in [2.05, 4.69) is 0 Å². The van der Waals surface area contributed by atoms with Gasteiger partial charge in [0.25, 0.3) is 0 Å². The van der Waals surface area contributed by atoms with Crippen LogP contribution in [0.5, 0.6) is 0 Å². The van der Waals surface area contributed by atoms with Crippen LogP contribution in [0.3, 0.4) is 0 Å². The number of carboxylic acid groups (broad SMARTS) is 2. The second kappa shape index (κ2) is 5.14. The van der Waals surface area contributed by atoms with Crippen molar-refractivity contribution in [2.45, 2.75) is 24.6 Å². The number of hydrogen-bond donors (Lipinski definition) is 3. The molecule has 18 heavy (non-hydrogen) atoms. The molecule has 0 aliphatic rings. The summed E-state index contributed by atoms with van der Waals surface area (Å²) in [7, 11) is 0. The summed E-state index contributed by atoms with van der Waals surface area (Å²) >= 11 is 0. The molecule has 6 nitrogen and oxygen atoms in total. The van der Waals surface area contributed by atoms with Gasteiger partial charge < -0.3 is 15.5 Å². The molecule has 0 unspecified atom stereocenters. The highest BCUT2D eigenvalue weighted by Crippen LogP contribution is 2.35. The first-order chi connectivity index (χ1) is 7.89. The fourth-order valence-corrected chi connectivity index (χ4v) is 0.752. The van der Waals surface area contributed by atoms with E-state index in [0.29, 0.717) is 0 Å². The molecule has 0 rings (SSSR count). The first-order valence-corrected chi connectivity index (χ1v) is 4.09. The molecule has 0 bridgehead atoms. The van der Waals surface area contributed by atoms with Gasteiger partial charge in [-0.15, -0.1) is 0 Å². The van der Waals surface area contributed by atoms with Gasteiger partial charge in [-0.1, -0.05) is 0 Å². The second-order valence-electron chi connectivity index (χ2n) is 3.03. The average molecular weight is 279 g/mol. The largest absolute Gasteiger partial charge is 0.481 e. The van der Waals surface area contributed by atoms with Gasteiger partial charge in [0, 0.05) is 0 Å². The van der Waals surface area contributed by atoms with Crippen molar-refractivity contribution in [2.24, 2.45) is 0 Å². The Bertz CT molecular complexity index is 366. The smallest absolute Gasteiger partial charge is 0.463 e. The Labute approximate surface area is 95.4 Å². The number of aliphatic carboxylic acids is 2. The summed E-state index contributed by atoms with van der Waals surface area (Å²) < 4.78 is 60.0. The van der Waals surface area contributed by atoms with Crippen LogP contribution < -0.4 is 5.32 Å². The summed E-state index contributed by atoms with van der Waals surface area (Å²) in [6, 6.07) is -2.39. The number of carbonyl (C=O) groups excluding carboxylic acids is 1. The Balaban J connectivity index is 4.91. The van der Waals surface area contributed by atoms with E-state index >= 15 is 0 Å². The molecular weight excluding hydrogens is 273 g/mol. The van der Waals surface area contributed by atoms with Crippen LogP contribution >= 0.6 is 0 Å². The summed E-state index contributed by atoms with van der Waals surface area (Å²) in [4.78, 5) is 31.0. The van der Waals surface area contributed by atoms with Gasteiger partial charge in [0.2, 0.25) is 0 Å². The van der Waals surface area contributed by atoms with E-state index < -0.39 is 42.4 Å². The second-order valence-corrected chi connectivity index (χ2v) is 3.03. The number of amides is 1. The van der Waals surface area contributed by atoms with Gasteiger partial charge >= 0.3 is 29.9 Å². The molecule has 0 aliphatic heterocycles. The first-order valence-electron chi connectivity index (χ1n) is 4.09. The molecule has 1 amide bonds. The van der Waals surface area contributed by atoms with Crippen molar-refractivity contribution in [3.63, 3.8) is 0 Å². The SMILES string of the molecule is O=C(O)C[C@H](NC(=O)C(F)(F)C(F)(F)F)C(=O)O. The third-order valence-electron chi connectivity index (χ3n) is 1.62. The number of rotatable bonds is 5. The predicted molar refractivity (Wildman–Crippen MR) is 42.8 cm³/mol. The van der Waals surface area contributed by atoms with Crippen LogP contribution in [0.15, 0.2) is 0 Å². The van der Waals surface area contributed by atoms with Crippen LogP contribution in [0, 0.1) is 0 Å². The third kappa shape index (κ3) is 3.82. The average Bonchev–Trinajstić information content (AvgIpc) is 2.13. The number of halogens is 5. The normalized spacial score (nSPS) is 13.8. The van der Waals surface area contributed by atoms with Gasteiger partial charge in [0.1, 0.15) is 6.04 Å². The molecule has 0 aromatic carbocycles. The zero-order valence-electron chi connectivity index (χ0n) is 8.29. The third-order valence-corrected chi connectivity index (χ3v) is 1.62. The molecule has 0 aromatic rings.